The van der Waals surface area contributed by atoms with Gasteiger partial charge in [-0.25, -0.2) is 0 Å². The van der Waals surface area contributed by atoms with Crippen molar-refractivity contribution in [2.24, 2.45) is 0 Å². The Morgan fingerprint density at radius 1 is 1.08 bits per heavy atom. The number of hydrogen-bond acceptors (Lipinski definition) is 4. The second kappa shape index (κ2) is 7.95. The van der Waals surface area contributed by atoms with Gasteiger partial charge < -0.3 is 15.8 Å². The van der Waals surface area contributed by atoms with Gasteiger partial charge in [0.05, 0.1) is 13.2 Å². The molecule has 1 fully saturated rings. The Morgan fingerprint density at radius 2 is 1.83 bits per heavy atom. The molecule has 1 amide bonds. The summed E-state index contributed by atoms with van der Waals surface area (Å²) in [6.45, 7) is 4.96. The van der Waals surface area contributed by atoms with E-state index < -0.39 is 0 Å². The summed E-state index contributed by atoms with van der Waals surface area (Å²) in [6.07, 6.45) is 0. The maximum absolute atomic E-state index is 12.2. The van der Waals surface area contributed by atoms with Crippen LogP contribution < -0.4 is 11.1 Å². The molecule has 126 valence electrons. The molecule has 2 aromatic rings. The zero-order valence-corrected chi connectivity index (χ0v) is 13.7. The van der Waals surface area contributed by atoms with Crippen LogP contribution in [0.1, 0.15) is 21.5 Å². The molecule has 24 heavy (non-hydrogen) atoms. The molecule has 1 heterocycles. The zero-order chi connectivity index (χ0) is 16.8. The van der Waals surface area contributed by atoms with Gasteiger partial charge in [-0.05, 0) is 29.3 Å². The summed E-state index contributed by atoms with van der Waals surface area (Å²) >= 11 is 0. The number of carbonyl (C=O) groups excluding carboxylic acids is 1. The van der Waals surface area contributed by atoms with E-state index in [2.05, 4.69) is 22.3 Å². The largest absolute Gasteiger partial charge is 0.399 e. The van der Waals surface area contributed by atoms with Crippen LogP contribution in [-0.4, -0.2) is 37.1 Å². The van der Waals surface area contributed by atoms with Gasteiger partial charge in [0.15, 0.2) is 0 Å². The Bertz CT molecular complexity index is 697. The number of rotatable bonds is 5. The number of nitrogen functional groups attached to an aromatic ring is 1. The van der Waals surface area contributed by atoms with Gasteiger partial charge in [0, 0.05) is 37.4 Å². The van der Waals surface area contributed by atoms with Crippen molar-refractivity contribution in [3.8, 4) is 0 Å². The van der Waals surface area contributed by atoms with Crippen LogP contribution in [0.5, 0.6) is 0 Å². The summed E-state index contributed by atoms with van der Waals surface area (Å²) in [5, 5.41) is 2.95. The van der Waals surface area contributed by atoms with Crippen LogP contribution in [0.4, 0.5) is 5.69 Å². The predicted octanol–water partition coefficient (Wildman–Crippen LogP) is 2.03. The van der Waals surface area contributed by atoms with Crippen LogP contribution in [0.2, 0.25) is 0 Å². The Morgan fingerprint density at radius 3 is 2.62 bits per heavy atom. The number of amides is 1. The second-order valence-electron chi connectivity index (χ2n) is 6.02. The molecule has 0 saturated carbocycles. The van der Waals surface area contributed by atoms with Gasteiger partial charge in [-0.15, -0.1) is 0 Å². The fraction of sp³-hybridized carbons (Fsp3) is 0.316. The Kier molecular flexibility index (Phi) is 5.46. The molecule has 0 radical (unpaired) electrons. The Labute approximate surface area is 142 Å². The van der Waals surface area contributed by atoms with Gasteiger partial charge in [0.1, 0.15) is 0 Å². The monoisotopic (exact) mass is 325 g/mol. The number of nitrogens with zero attached hydrogens (tertiary/aromatic N) is 1. The third-order valence-electron chi connectivity index (χ3n) is 4.10. The molecule has 2 aromatic carbocycles. The van der Waals surface area contributed by atoms with Crippen LogP contribution in [0.15, 0.2) is 48.5 Å². The van der Waals surface area contributed by atoms with Crippen LogP contribution in [-0.2, 0) is 17.8 Å². The number of hydrogen-bond donors (Lipinski definition) is 2. The molecular formula is C19H23N3O2. The third kappa shape index (κ3) is 4.57. The summed E-state index contributed by atoms with van der Waals surface area (Å²) in [5.74, 6) is -0.110. The molecule has 3 rings (SSSR count). The molecule has 0 spiro atoms. The summed E-state index contributed by atoms with van der Waals surface area (Å²) in [4.78, 5) is 14.6. The first kappa shape index (κ1) is 16.5. The molecule has 3 N–H and O–H groups in total. The van der Waals surface area contributed by atoms with Crippen molar-refractivity contribution in [3.63, 3.8) is 0 Å². The maximum Gasteiger partial charge on any atom is 0.251 e. The van der Waals surface area contributed by atoms with E-state index in [0.717, 1.165) is 38.4 Å². The highest BCUT2D eigenvalue weighted by molar-refractivity contribution is 5.94. The van der Waals surface area contributed by atoms with Crippen LogP contribution in [0.25, 0.3) is 0 Å². The van der Waals surface area contributed by atoms with E-state index in [1.165, 1.54) is 5.56 Å². The maximum atomic E-state index is 12.2. The molecule has 0 aliphatic carbocycles. The van der Waals surface area contributed by atoms with Crippen molar-refractivity contribution in [1.82, 2.24) is 10.2 Å². The molecule has 0 bridgehead atoms. The number of ether oxygens (including phenoxy) is 1. The summed E-state index contributed by atoms with van der Waals surface area (Å²) in [5.41, 5.74) is 9.25. The minimum atomic E-state index is -0.110. The normalized spacial score (nSPS) is 15.2. The van der Waals surface area contributed by atoms with Crippen molar-refractivity contribution in [2.45, 2.75) is 13.1 Å². The molecule has 5 nitrogen and oxygen atoms in total. The first-order chi connectivity index (χ1) is 11.7. The fourth-order valence-corrected chi connectivity index (χ4v) is 2.82. The lowest BCUT2D eigenvalue weighted by Crippen LogP contribution is -2.35. The van der Waals surface area contributed by atoms with E-state index >= 15 is 0 Å². The molecule has 1 aliphatic heterocycles. The van der Waals surface area contributed by atoms with Gasteiger partial charge in [0.25, 0.3) is 5.91 Å². The Balaban J connectivity index is 1.57. The van der Waals surface area contributed by atoms with E-state index in [-0.39, 0.29) is 5.91 Å². The predicted molar refractivity (Wildman–Crippen MR) is 94.6 cm³/mol. The van der Waals surface area contributed by atoms with Gasteiger partial charge in [-0.3, -0.25) is 9.69 Å². The number of nitrogens with two attached hydrogens (primary N) is 1. The summed E-state index contributed by atoms with van der Waals surface area (Å²) in [6, 6.07) is 15.3. The van der Waals surface area contributed by atoms with E-state index in [4.69, 9.17) is 10.5 Å². The van der Waals surface area contributed by atoms with E-state index in [1.54, 1.807) is 24.3 Å². The van der Waals surface area contributed by atoms with Crippen molar-refractivity contribution in [2.75, 3.05) is 32.0 Å². The average Bonchev–Trinajstić information content (AvgIpc) is 2.61. The number of benzene rings is 2. The number of morpholine rings is 1. The summed E-state index contributed by atoms with van der Waals surface area (Å²) < 4.78 is 5.38. The number of anilines is 1. The third-order valence-corrected chi connectivity index (χ3v) is 4.10. The van der Waals surface area contributed by atoms with Crippen LogP contribution in [0, 0.1) is 0 Å². The standard InChI is InChI=1S/C19H23N3O2/c20-18-6-2-5-17(12-18)19(23)21-13-15-3-1-4-16(11-15)14-22-7-9-24-10-8-22/h1-6,11-12H,7-10,13-14,20H2,(H,21,23). The van der Waals surface area contributed by atoms with E-state index in [1.807, 2.05) is 12.1 Å². The number of carbonyl (C=O) groups is 1. The fourth-order valence-electron chi connectivity index (χ4n) is 2.82. The minimum Gasteiger partial charge on any atom is -0.399 e. The molecule has 1 aliphatic rings. The highest BCUT2D eigenvalue weighted by atomic mass is 16.5. The molecule has 1 saturated heterocycles. The highest BCUT2D eigenvalue weighted by Crippen LogP contribution is 2.11. The second-order valence-corrected chi connectivity index (χ2v) is 6.02. The van der Waals surface area contributed by atoms with Gasteiger partial charge in [-0.1, -0.05) is 30.3 Å². The van der Waals surface area contributed by atoms with Crippen LogP contribution >= 0.6 is 0 Å². The van der Waals surface area contributed by atoms with Crippen molar-refractivity contribution in [1.29, 1.82) is 0 Å². The summed E-state index contributed by atoms with van der Waals surface area (Å²) in [7, 11) is 0. The van der Waals surface area contributed by atoms with Crippen molar-refractivity contribution in [3.05, 3.63) is 65.2 Å². The molecule has 0 unspecified atom stereocenters. The molecule has 5 heteroatoms. The van der Waals surface area contributed by atoms with Crippen LogP contribution in [0.3, 0.4) is 0 Å². The molecular weight excluding hydrogens is 302 g/mol. The molecule has 0 atom stereocenters. The first-order valence-electron chi connectivity index (χ1n) is 8.22. The SMILES string of the molecule is Nc1cccc(C(=O)NCc2cccc(CN3CCOCC3)c2)c1. The minimum absolute atomic E-state index is 0.110. The average molecular weight is 325 g/mol. The number of nitrogens with one attached hydrogen (secondary N) is 1. The van der Waals surface area contributed by atoms with Gasteiger partial charge in [-0.2, -0.15) is 0 Å². The first-order valence-corrected chi connectivity index (χ1v) is 8.22. The lowest BCUT2D eigenvalue weighted by molar-refractivity contribution is 0.0342. The lowest BCUT2D eigenvalue weighted by atomic mass is 10.1. The topological polar surface area (TPSA) is 67.6 Å². The van der Waals surface area contributed by atoms with Crippen molar-refractivity contribution < 1.29 is 9.53 Å². The smallest absolute Gasteiger partial charge is 0.251 e. The quantitative estimate of drug-likeness (QED) is 0.826. The lowest BCUT2D eigenvalue weighted by Gasteiger charge is -2.26. The van der Waals surface area contributed by atoms with E-state index in [0.29, 0.717) is 17.8 Å². The van der Waals surface area contributed by atoms with Gasteiger partial charge >= 0.3 is 0 Å². The Hall–Kier alpha value is -2.37. The zero-order valence-electron chi connectivity index (χ0n) is 13.7. The highest BCUT2D eigenvalue weighted by Gasteiger charge is 2.11. The van der Waals surface area contributed by atoms with Crippen molar-refractivity contribution >= 4 is 11.6 Å². The molecule has 0 aromatic heterocycles. The van der Waals surface area contributed by atoms with Gasteiger partial charge in [0.2, 0.25) is 0 Å². The van der Waals surface area contributed by atoms with E-state index in [9.17, 15) is 4.79 Å².